The van der Waals surface area contributed by atoms with Gasteiger partial charge in [-0.05, 0) is 42.1 Å². The molecule has 29 heavy (non-hydrogen) atoms. The predicted octanol–water partition coefficient (Wildman–Crippen LogP) is 3.26. The third kappa shape index (κ3) is 6.42. The molecule has 1 aromatic heterocycles. The van der Waals surface area contributed by atoms with Gasteiger partial charge in [0.2, 0.25) is 0 Å². The summed E-state index contributed by atoms with van der Waals surface area (Å²) in [7, 11) is 0. The Bertz CT molecular complexity index is 848. The molecule has 7 heteroatoms. The van der Waals surface area contributed by atoms with Crippen molar-refractivity contribution in [1.29, 1.82) is 0 Å². The van der Waals surface area contributed by atoms with E-state index in [1.54, 1.807) is 12.3 Å². The minimum atomic E-state index is -0.268. The van der Waals surface area contributed by atoms with Crippen molar-refractivity contribution >= 4 is 29.3 Å². The molecular weight excluding hydrogens is 382 g/mol. The number of hydrogen-bond acceptors (Lipinski definition) is 3. The minimum Gasteiger partial charge on any atom is -0.358 e. The van der Waals surface area contributed by atoms with Crippen molar-refractivity contribution < 1.29 is 4.79 Å². The van der Waals surface area contributed by atoms with Crippen LogP contribution in [0.1, 0.15) is 44.2 Å². The van der Waals surface area contributed by atoms with Gasteiger partial charge < -0.3 is 5.32 Å². The second kappa shape index (κ2) is 10.2. The standard InChI is InChI=1S/C22H29N5OS/c1-16-7-6-10-20(17(16)2)24-22(29)26-25-21(28)12-11-19-13-23-27(15-19)14-18-8-4-3-5-9-18/h3-5,8-9,11-13,15-17,20H,6-7,10,14H2,1-2H3,(H,25,28)(H2,24,26,29)/b12-11+/t16-,17-,20-/m1/s1. The van der Waals surface area contributed by atoms with Gasteiger partial charge in [-0.2, -0.15) is 5.10 Å². The number of hydrazine groups is 1. The van der Waals surface area contributed by atoms with E-state index in [4.69, 9.17) is 12.2 Å². The largest absolute Gasteiger partial charge is 0.358 e. The highest BCUT2D eigenvalue weighted by atomic mass is 32.1. The van der Waals surface area contributed by atoms with E-state index in [1.807, 2.05) is 29.1 Å². The van der Waals surface area contributed by atoms with Crippen LogP contribution in [0, 0.1) is 11.8 Å². The first-order chi connectivity index (χ1) is 14.0. The van der Waals surface area contributed by atoms with Crippen LogP contribution in [0.2, 0.25) is 0 Å². The molecule has 3 atom stereocenters. The Balaban J connectivity index is 1.42. The smallest absolute Gasteiger partial charge is 0.262 e. The van der Waals surface area contributed by atoms with E-state index < -0.39 is 0 Å². The van der Waals surface area contributed by atoms with Crippen LogP contribution in [0.25, 0.3) is 6.08 Å². The molecule has 0 spiro atoms. The van der Waals surface area contributed by atoms with Crippen molar-refractivity contribution in [3.63, 3.8) is 0 Å². The zero-order valence-electron chi connectivity index (χ0n) is 17.0. The number of amides is 1. The third-order valence-corrected chi connectivity index (χ3v) is 5.81. The van der Waals surface area contributed by atoms with E-state index in [9.17, 15) is 4.79 Å². The molecule has 0 bridgehead atoms. The third-order valence-electron chi connectivity index (χ3n) is 5.59. The highest BCUT2D eigenvalue weighted by molar-refractivity contribution is 7.80. The van der Waals surface area contributed by atoms with Crippen LogP contribution in [-0.4, -0.2) is 26.8 Å². The van der Waals surface area contributed by atoms with Gasteiger partial charge in [-0.1, -0.05) is 57.0 Å². The SMILES string of the molecule is C[C@@H]1[C@H](C)CCC[C@H]1NC(=S)NNC(=O)/C=C/c1cnn(Cc2ccccc2)c1. The predicted molar refractivity (Wildman–Crippen MR) is 120 cm³/mol. The van der Waals surface area contributed by atoms with E-state index in [0.717, 1.165) is 12.0 Å². The Morgan fingerprint density at radius 2 is 2.03 bits per heavy atom. The summed E-state index contributed by atoms with van der Waals surface area (Å²) >= 11 is 5.31. The van der Waals surface area contributed by atoms with Gasteiger partial charge in [0.25, 0.3) is 5.91 Å². The molecule has 6 nitrogen and oxygen atoms in total. The maximum Gasteiger partial charge on any atom is 0.262 e. The van der Waals surface area contributed by atoms with Crippen molar-refractivity contribution in [1.82, 2.24) is 25.9 Å². The Morgan fingerprint density at radius 3 is 2.83 bits per heavy atom. The van der Waals surface area contributed by atoms with Gasteiger partial charge >= 0.3 is 0 Å². The van der Waals surface area contributed by atoms with E-state index in [1.165, 1.54) is 24.5 Å². The van der Waals surface area contributed by atoms with Crippen molar-refractivity contribution in [3.8, 4) is 0 Å². The molecular formula is C22H29N5OS. The molecule has 154 valence electrons. The molecule has 2 aromatic rings. The van der Waals surface area contributed by atoms with E-state index >= 15 is 0 Å². The van der Waals surface area contributed by atoms with Crippen LogP contribution in [0.5, 0.6) is 0 Å². The van der Waals surface area contributed by atoms with Crippen LogP contribution < -0.4 is 16.2 Å². The van der Waals surface area contributed by atoms with Gasteiger partial charge in [-0.15, -0.1) is 0 Å². The molecule has 1 aliphatic carbocycles. The fourth-order valence-electron chi connectivity index (χ4n) is 3.64. The zero-order valence-corrected chi connectivity index (χ0v) is 17.8. The van der Waals surface area contributed by atoms with Crippen molar-refractivity contribution in [3.05, 3.63) is 59.9 Å². The molecule has 0 saturated heterocycles. The summed E-state index contributed by atoms with van der Waals surface area (Å²) in [5.41, 5.74) is 7.44. The molecule has 1 amide bonds. The van der Waals surface area contributed by atoms with Crippen LogP contribution >= 0.6 is 12.2 Å². The molecule has 0 radical (unpaired) electrons. The van der Waals surface area contributed by atoms with Gasteiger partial charge in [-0.3, -0.25) is 20.3 Å². The molecule has 1 aromatic carbocycles. The average Bonchev–Trinajstić information content (AvgIpc) is 3.16. The Labute approximate surface area is 177 Å². The summed E-state index contributed by atoms with van der Waals surface area (Å²) in [6.07, 6.45) is 10.4. The summed E-state index contributed by atoms with van der Waals surface area (Å²) in [5, 5.41) is 8.10. The zero-order chi connectivity index (χ0) is 20.6. The number of carbonyl (C=O) groups excluding carboxylic acids is 1. The second-order valence-corrected chi connectivity index (χ2v) is 8.16. The number of benzene rings is 1. The van der Waals surface area contributed by atoms with Gasteiger partial charge in [-0.25, -0.2) is 0 Å². The summed E-state index contributed by atoms with van der Waals surface area (Å²) < 4.78 is 1.84. The lowest BCUT2D eigenvalue weighted by atomic mass is 9.78. The molecule has 0 unspecified atom stereocenters. The second-order valence-electron chi connectivity index (χ2n) is 7.75. The molecule has 0 aliphatic heterocycles. The maximum absolute atomic E-state index is 12.1. The molecule has 1 saturated carbocycles. The topological polar surface area (TPSA) is 71.0 Å². The van der Waals surface area contributed by atoms with Crippen LogP contribution in [0.3, 0.4) is 0 Å². The Kier molecular flexibility index (Phi) is 7.41. The van der Waals surface area contributed by atoms with E-state index in [2.05, 4.69) is 47.2 Å². The summed E-state index contributed by atoms with van der Waals surface area (Å²) in [6, 6.07) is 10.5. The van der Waals surface area contributed by atoms with E-state index in [-0.39, 0.29) is 5.91 Å². The van der Waals surface area contributed by atoms with Crippen molar-refractivity contribution in [2.24, 2.45) is 11.8 Å². The Morgan fingerprint density at radius 1 is 1.24 bits per heavy atom. The first-order valence-electron chi connectivity index (χ1n) is 10.1. The number of hydrogen-bond donors (Lipinski definition) is 3. The van der Waals surface area contributed by atoms with Crippen LogP contribution in [0.4, 0.5) is 0 Å². The molecule has 1 aliphatic rings. The number of carbonyl (C=O) groups is 1. The summed E-state index contributed by atoms with van der Waals surface area (Å²) in [4.78, 5) is 12.1. The molecule has 3 N–H and O–H groups in total. The van der Waals surface area contributed by atoms with Crippen molar-refractivity contribution in [2.75, 3.05) is 0 Å². The normalized spacial score (nSPS) is 21.7. The average molecular weight is 412 g/mol. The monoisotopic (exact) mass is 411 g/mol. The van der Waals surface area contributed by atoms with E-state index in [0.29, 0.717) is 29.5 Å². The maximum atomic E-state index is 12.1. The lowest BCUT2D eigenvalue weighted by Gasteiger charge is -2.35. The number of nitrogens with one attached hydrogen (secondary N) is 3. The van der Waals surface area contributed by atoms with Gasteiger partial charge in [0.1, 0.15) is 0 Å². The highest BCUT2D eigenvalue weighted by Gasteiger charge is 2.27. The molecule has 1 heterocycles. The van der Waals surface area contributed by atoms with Gasteiger partial charge in [0, 0.05) is 23.9 Å². The Hall–Kier alpha value is -2.67. The fourth-order valence-corrected chi connectivity index (χ4v) is 3.85. The highest BCUT2D eigenvalue weighted by Crippen LogP contribution is 2.29. The number of nitrogens with zero attached hydrogens (tertiary/aromatic N) is 2. The molecule has 3 rings (SSSR count). The van der Waals surface area contributed by atoms with Crippen LogP contribution in [0.15, 0.2) is 48.8 Å². The van der Waals surface area contributed by atoms with Gasteiger partial charge in [0.15, 0.2) is 5.11 Å². The first kappa shape index (κ1) is 21.0. The first-order valence-corrected chi connectivity index (χ1v) is 10.5. The summed E-state index contributed by atoms with van der Waals surface area (Å²) in [6.45, 7) is 5.23. The number of aromatic nitrogens is 2. The van der Waals surface area contributed by atoms with Crippen molar-refractivity contribution in [2.45, 2.75) is 45.7 Å². The minimum absolute atomic E-state index is 0.268. The quantitative estimate of drug-likeness (QED) is 0.400. The molecule has 1 fully saturated rings. The number of thiocarbonyl (C=S) groups is 1. The fraction of sp³-hybridized carbons (Fsp3) is 0.409. The summed E-state index contributed by atoms with van der Waals surface area (Å²) in [5.74, 6) is 0.978. The lowest BCUT2D eigenvalue weighted by Crippen LogP contribution is -2.52. The number of rotatable bonds is 5. The van der Waals surface area contributed by atoms with Crippen LogP contribution in [-0.2, 0) is 11.3 Å². The lowest BCUT2D eigenvalue weighted by molar-refractivity contribution is -0.116. The van der Waals surface area contributed by atoms with Gasteiger partial charge in [0.05, 0.1) is 12.7 Å².